The zero-order valence-corrected chi connectivity index (χ0v) is 9.20. The lowest BCUT2D eigenvalue weighted by molar-refractivity contribution is -0.142. The number of carbonyl (C=O) groups is 2. The van der Waals surface area contributed by atoms with Crippen molar-refractivity contribution in [2.24, 2.45) is 0 Å². The second-order valence-electron chi connectivity index (χ2n) is 2.65. The first-order valence-electron chi connectivity index (χ1n) is 4.18. The molecule has 88 valence electrons. The molecule has 0 aromatic heterocycles. The van der Waals surface area contributed by atoms with E-state index in [1.807, 2.05) is 4.72 Å². The van der Waals surface area contributed by atoms with Gasteiger partial charge >= 0.3 is 11.9 Å². The zero-order valence-electron chi connectivity index (χ0n) is 8.39. The van der Waals surface area contributed by atoms with Gasteiger partial charge in [-0.1, -0.05) is 0 Å². The maximum absolute atomic E-state index is 11.2. The molecule has 15 heavy (non-hydrogen) atoms. The maximum Gasteiger partial charge on any atom is 0.323 e. The smallest absolute Gasteiger partial charge is 0.323 e. The second kappa shape index (κ2) is 5.66. The Bertz CT molecular complexity index is 335. The minimum atomic E-state index is -4.02. The molecule has 0 amide bonds. The van der Waals surface area contributed by atoms with Crippen LogP contribution in [0.3, 0.4) is 0 Å². The van der Waals surface area contributed by atoms with Crippen molar-refractivity contribution in [1.82, 2.24) is 4.72 Å². The average molecular weight is 239 g/mol. The summed E-state index contributed by atoms with van der Waals surface area (Å²) in [7, 11) is -4.02. The first-order valence-corrected chi connectivity index (χ1v) is 5.72. The van der Waals surface area contributed by atoms with Gasteiger partial charge in [0, 0.05) is 0 Å². The van der Waals surface area contributed by atoms with Crippen molar-refractivity contribution in [3.8, 4) is 0 Å². The normalized spacial score (nSPS) is 13.2. The lowest BCUT2D eigenvalue weighted by atomic mass is 10.5. The predicted octanol–water partition coefficient (Wildman–Crippen LogP) is -1.06. The summed E-state index contributed by atoms with van der Waals surface area (Å²) in [5.41, 5.74) is 0. The maximum atomic E-state index is 11.2. The van der Waals surface area contributed by atoms with Gasteiger partial charge in [0.25, 0.3) is 0 Å². The molecule has 0 aliphatic rings. The van der Waals surface area contributed by atoms with Gasteiger partial charge in [0.2, 0.25) is 10.0 Å². The van der Waals surface area contributed by atoms with Crippen LogP contribution < -0.4 is 4.72 Å². The topological polar surface area (TPSA) is 110 Å². The number of aliphatic carboxylic acids is 1. The van der Waals surface area contributed by atoms with Crippen molar-refractivity contribution in [3.63, 3.8) is 0 Å². The van der Waals surface area contributed by atoms with Crippen LogP contribution in [0.25, 0.3) is 0 Å². The molecule has 2 N–H and O–H groups in total. The molecule has 0 rings (SSSR count). The van der Waals surface area contributed by atoms with Gasteiger partial charge < -0.3 is 9.84 Å². The van der Waals surface area contributed by atoms with E-state index < -0.39 is 33.8 Å². The van der Waals surface area contributed by atoms with Crippen LogP contribution in [0.1, 0.15) is 13.8 Å². The van der Waals surface area contributed by atoms with E-state index in [4.69, 9.17) is 5.11 Å². The van der Waals surface area contributed by atoms with Crippen molar-refractivity contribution in [2.45, 2.75) is 19.1 Å². The highest BCUT2D eigenvalue weighted by Crippen LogP contribution is 1.97. The molecule has 0 saturated carbocycles. The molecule has 0 bridgehead atoms. The van der Waals surface area contributed by atoms with Crippen molar-refractivity contribution in [3.05, 3.63) is 0 Å². The van der Waals surface area contributed by atoms with Crippen molar-refractivity contribution < 1.29 is 27.9 Å². The van der Waals surface area contributed by atoms with Crippen molar-refractivity contribution >= 4 is 22.0 Å². The summed E-state index contributed by atoms with van der Waals surface area (Å²) in [6.07, 6.45) is 0. The Balaban J connectivity index is 4.29. The Morgan fingerprint density at radius 3 is 2.40 bits per heavy atom. The number of esters is 1. The molecule has 8 heteroatoms. The third-order valence-corrected chi connectivity index (χ3v) is 3.22. The van der Waals surface area contributed by atoms with Crippen LogP contribution in [0.2, 0.25) is 0 Å². The summed E-state index contributed by atoms with van der Waals surface area (Å²) in [6, 6.07) is 0. The van der Waals surface area contributed by atoms with E-state index in [-0.39, 0.29) is 6.61 Å². The number of hydrogen-bond acceptors (Lipinski definition) is 5. The van der Waals surface area contributed by atoms with Crippen LogP contribution in [0, 0.1) is 0 Å². The Morgan fingerprint density at radius 2 is 2.00 bits per heavy atom. The zero-order chi connectivity index (χ0) is 12.1. The van der Waals surface area contributed by atoms with Crippen LogP contribution in [0.15, 0.2) is 0 Å². The van der Waals surface area contributed by atoms with Gasteiger partial charge in [-0.15, -0.1) is 0 Å². The Hall–Kier alpha value is -1.15. The lowest BCUT2D eigenvalue weighted by Gasteiger charge is -2.09. The molecule has 0 saturated heterocycles. The standard InChI is InChI=1S/C7H13NO6S/c1-3-14-6(9)4-8-15(12,13)5(2)7(10)11/h5,8H,3-4H2,1-2H3,(H,10,11). The fraction of sp³-hybridized carbons (Fsp3) is 0.714. The number of hydrogen-bond donors (Lipinski definition) is 2. The van der Waals surface area contributed by atoms with Crippen LogP contribution in [-0.2, 0) is 24.3 Å². The Labute approximate surface area is 87.5 Å². The first kappa shape index (κ1) is 13.8. The molecule has 1 unspecified atom stereocenters. The van der Waals surface area contributed by atoms with E-state index in [0.29, 0.717) is 0 Å². The van der Waals surface area contributed by atoms with Crippen molar-refractivity contribution in [1.29, 1.82) is 0 Å². The van der Waals surface area contributed by atoms with Gasteiger partial charge in [0.05, 0.1) is 6.61 Å². The number of rotatable bonds is 6. The van der Waals surface area contributed by atoms with Gasteiger partial charge in [-0.25, -0.2) is 13.1 Å². The van der Waals surface area contributed by atoms with Crippen LogP contribution in [0.5, 0.6) is 0 Å². The summed E-state index contributed by atoms with van der Waals surface area (Å²) in [5.74, 6) is -2.23. The third kappa shape index (κ3) is 4.75. The quantitative estimate of drug-likeness (QED) is 0.572. The van der Waals surface area contributed by atoms with E-state index >= 15 is 0 Å². The second-order valence-corrected chi connectivity index (χ2v) is 4.74. The average Bonchev–Trinajstić information content (AvgIpc) is 2.14. The van der Waals surface area contributed by atoms with Crippen LogP contribution in [0.4, 0.5) is 0 Å². The summed E-state index contributed by atoms with van der Waals surface area (Å²) >= 11 is 0. The lowest BCUT2D eigenvalue weighted by Crippen LogP contribution is -2.40. The summed E-state index contributed by atoms with van der Waals surface area (Å²) < 4.78 is 28.7. The minimum Gasteiger partial charge on any atom is -0.480 e. The molecule has 0 fully saturated rings. The molecule has 0 heterocycles. The minimum absolute atomic E-state index is 0.134. The third-order valence-electron chi connectivity index (χ3n) is 1.54. The summed E-state index contributed by atoms with van der Waals surface area (Å²) in [6.45, 7) is 2.16. The highest BCUT2D eigenvalue weighted by molar-refractivity contribution is 7.90. The van der Waals surface area contributed by atoms with Gasteiger partial charge in [0.15, 0.2) is 5.25 Å². The van der Waals surface area contributed by atoms with E-state index in [1.54, 1.807) is 6.92 Å². The highest BCUT2D eigenvalue weighted by atomic mass is 32.2. The Morgan fingerprint density at radius 1 is 1.47 bits per heavy atom. The van der Waals surface area contributed by atoms with Gasteiger partial charge in [0.1, 0.15) is 6.54 Å². The molecule has 7 nitrogen and oxygen atoms in total. The van der Waals surface area contributed by atoms with Gasteiger partial charge in [-0.2, -0.15) is 0 Å². The number of ether oxygens (including phenoxy) is 1. The Kier molecular flexibility index (Phi) is 5.23. The fourth-order valence-corrected chi connectivity index (χ4v) is 1.46. The number of nitrogens with one attached hydrogen (secondary N) is 1. The van der Waals surface area contributed by atoms with E-state index in [2.05, 4.69) is 4.74 Å². The summed E-state index contributed by atoms with van der Waals surface area (Å²) in [5, 5.41) is 6.85. The number of carbonyl (C=O) groups excluding carboxylic acids is 1. The van der Waals surface area contributed by atoms with Crippen LogP contribution >= 0.6 is 0 Å². The molecule has 0 aromatic carbocycles. The number of sulfonamides is 1. The predicted molar refractivity (Wildman–Crippen MR) is 50.7 cm³/mol. The molecule has 0 radical (unpaired) electrons. The van der Waals surface area contributed by atoms with Crippen LogP contribution in [-0.4, -0.2) is 43.9 Å². The van der Waals surface area contributed by atoms with Gasteiger partial charge in [-0.05, 0) is 13.8 Å². The fourth-order valence-electron chi connectivity index (χ4n) is 0.629. The van der Waals surface area contributed by atoms with E-state index in [1.165, 1.54) is 0 Å². The van der Waals surface area contributed by atoms with E-state index in [0.717, 1.165) is 6.92 Å². The number of carboxylic acid groups (broad SMARTS) is 1. The SMILES string of the molecule is CCOC(=O)CNS(=O)(=O)C(C)C(=O)O. The largest absolute Gasteiger partial charge is 0.480 e. The molecule has 0 spiro atoms. The summed E-state index contributed by atoms with van der Waals surface area (Å²) in [4.78, 5) is 21.2. The molecule has 0 aliphatic heterocycles. The molecule has 1 atom stereocenters. The molecule has 0 aromatic rings. The highest BCUT2D eigenvalue weighted by Gasteiger charge is 2.27. The van der Waals surface area contributed by atoms with Gasteiger partial charge in [-0.3, -0.25) is 9.59 Å². The monoisotopic (exact) mass is 239 g/mol. The van der Waals surface area contributed by atoms with Crippen molar-refractivity contribution in [2.75, 3.05) is 13.2 Å². The van der Waals surface area contributed by atoms with E-state index in [9.17, 15) is 18.0 Å². The first-order chi connectivity index (χ1) is 6.81. The molecular formula is C7H13NO6S. The molecule has 0 aliphatic carbocycles. The number of carboxylic acids is 1. The molecular weight excluding hydrogens is 226 g/mol.